The highest BCUT2D eigenvalue weighted by atomic mass is 16.5. The number of aromatic nitrogens is 3. The standard InChI is InChI=1S/C29H36N6O3/c1-17(19-13-25(36)30-15-19)38-27-26-23(31-16-35(26)20-7-8-20)14-22(32-27)18-6-9-21-24(12-18)34(11-10-33(4)5)28(37)29(21,2)3/h6,9,12,14,16-17,19-20H,7-8,10-11,13,15H2,1-5H3,(H,30,36)/t17-,19-/m1/s1. The number of benzene rings is 1. The number of nitrogens with zero attached hydrogens (tertiary/aromatic N) is 5. The lowest BCUT2D eigenvalue weighted by Crippen LogP contribution is -2.39. The van der Waals surface area contributed by atoms with Gasteiger partial charge in [0.1, 0.15) is 11.6 Å². The highest BCUT2D eigenvalue weighted by molar-refractivity contribution is 6.08. The van der Waals surface area contributed by atoms with Gasteiger partial charge in [-0.05, 0) is 65.4 Å². The number of rotatable bonds is 8. The molecule has 0 bridgehead atoms. The third-order valence-corrected chi connectivity index (χ3v) is 8.24. The number of pyridine rings is 1. The van der Waals surface area contributed by atoms with E-state index in [0.717, 1.165) is 52.9 Å². The summed E-state index contributed by atoms with van der Waals surface area (Å²) in [5.41, 5.74) is 4.83. The number of hydrogen-bond donors (Lipinski definition) is 1. The highest BCUT2D eigenvalue weighted by Gasteiger charge is 2.43. The van der Waals surface area contributed by atoms with Crippen LogP contribution in [0.1, 0.15) is 51.6 Å². The van der Waals surface area contributed by atoms with E-state index in [9.17, 15) is 9.59 Å². The number of anilines is 1. The lowest BCUT2D eigenvalue weighted by molar-refractivity contribution is -0.122. The predicted molar refractivity (Wildman–Crippen MR) is 146 cm³/mol. The number of nitrogens with one attached hydrogen (secondary N) is 1. The quantitative estimate of drug-likeness (QED) is 0.493. The van der Waals surface area contributed by atoms with Crippen molar-refractivity contribution in [1.29, 1.82) is 0 Å². The molecule has 6 rings (SSSR count). The molecule has 1 N–H and O–H groups in total. The average molecular weight is 517 g/mol. The Kier molecular flexibility index (Phi) is 5.94. The van der Waals surface area contributed by atoms with Crippen LogP contribution < -0.4 is 15.0 Å². The topological polar surface area (TPSA) is 92.6 Å². The first-order chi connectivity index (χ1) is 18.1. The maximum Gasteiger partial charge on any atom is 0.241 e. The van der Waals surface area contributed by atoms with E-state index in [1.807, 2.05) is 58.2 Å². The van der Waals surface area contributed by atoms with Crippen LogP contribution in [0.3, 0.4) is 0 Å². The Labute approximate surface area is 223 Å². The molecule has 2 fully saturated rings. The molecule has 2 aliphatic heterocycles. The molecule has 2 atom stereocenters. The van der Waals surface area contributed by atoms with Crippen LogP contribution in [-0.4, -0.2) is 71.1 Å². The van der Waals surface area contributed by atoms with Crippen LogP contribution in [0.4, 0.5) is 5.69 Å². The van der Waals surface area contributed by atoms with Crippen molar-refractivity contribution >= 4 is 28.5 Å². The number of fused-ring (bicyclic) bond motifs is 2. The fourth-order valence-corrected chi connectivity index (χ4v) is 5.64. The molecule has 4 heterocycles. The van der Waals surface area contributed by atoms with Gasteiger partial charge in [-0.15, -0.1) is 0 Å². The summed E-state index contributed by atoms with van der Waals surface area (Å²) in [6, 6.07) is 8.63. The minimum Gasteiger partial charge on any atom is -0.473 e. The van der Waals surface area contributed by atoms with Gasteiger partial charge in [0, 0.05) is 49.3 Å². The summed E-state index contributed by atoms with van der Waals surface area (Å²) >= 11 is 0. The number of hydrogen-bond acceptors (Lipinski definition) is 6. The molecule has 2 amide bonds. The lowest BCUT2D eigenvalue weighted by Gasteiger charge is -2.22. The third kappa shape index (κ3) is 4.22. The smallest absolute Gasteiger partial charge is 0.241 e. The second-order valence-corrected chi connectivity index (χ2v) is 11.8. The number of amides is 2. The van der Waals surface area contributed by atoms with Crippen molar-refractivity contribution in [1.82, 2.24) is 24.8 Å². The fourth-order valence-electron chi connectivity index (χ4n) is 5.64. The Morgan fingerprint density at radius 2 is 2.00 bits per heavy atom. The van der Waals surface area contributed by atoms with Crippen LogP contribution in [0.25, 0.3) is 22.3 Å². The van der Waals surface area contributed by atoms with Gasteiger partial charge in [-0.1, -0.05) is 12.1 Å². The van der Waals surface area contributed by atoms with E-state index in [-0.39, 0.29) is 23.8 Å². The SMILES string of the molecule is C[C@@H](Oc1nc(-c2ccc3c(c2)N(CCN(C)C)C(=O)C3(C)C)cc2ncn(C3CC3)c12)[C@H]1CNC(=O)C1. The van der Waals surface area contributed by atoms with Crippen molar-refractivity contribution in [2.75, 3.05) is 38.6 Å². The molecule has 3 aliphatic rings. The first-order valence-corrected chi connectivity index (χ1v) is 13.6. The van der Waals surface area contributed by atoms with Gasteiger partial charge in [0.2, 0.25) is 17.7 Å². The second kappa shape index (κ2) is 9.08. The molecule has 1 aliphatic carbocycles. The van der Waals surface area contributed by atoms with E-state index in [0.29, 0.717) is 31.4 Å². The van der Waals surface area contributed by atoms with E-state index in [1.165, 1.54) is 0 Å². The number of carbonyl (C=O) groups is 2. The monoisotopic (exact) mass is 516 g/mol. The molecular weight excluding hydrogens is 480 g/mol. The fraction of sp³-hybridized carbons (Fsp3) is 0.517. The highest BCUT2D eigenvalue weighted by Crippen LogP contribution is 2.44. The van der Waals surface area contributed by atoms with E-state index in [2.05, 4.69) is 26.9 Å². The van der Waals surface area contributed by atoms with Crippen LogP contribution in [0.2, 0.25) is 0 Å². The van der Waals surface area contributed by atoms with Gasteiger partial charge in [-0.3, -0.25) is 9.59 Å². The predicted octanol–water partition coefficient (Wildman–Crippen LogP) is 3.52. The normalized spacial score (nSPS) is 21.3. The van der Waals surface area contributed by atoms with Crippen molar-refractivity contribution < 1.29 is 14.3 Å². The van der Waals surface area contributed by atoms with Gasteiger partial charge in [0.15, 0.2) is 0 Å². The van der Waals surface area contributed by atoms with Gasteiger partial charge in [-0.25, -0.2) is 9.97 Å². The van der Waals surface area contributed by atoms with Crippen LogP contribution in [0.15, 0.2) is 30.6 Å². The van der Waals surface area contributed by atoms with E-state index < -0.39 is 5.41 Å². The Morgan fingerprint density at radius 3 is 2.68 bits per heavy atom. The van der Waals surface area contributed by atoms with Crippen LogP contribution in [0.5, 0.6) is 5.88 Å². The molecule has 1 saturated carbocycles. The molecular formula is C29H36N6O3. The summed E-state index contributed by atoms with van der Waals surface area (Å²) in [6.45, 7) is 8.02. The number of carbonyl (C=O) groups excluding carboxylic acids is 2. The Balaban J connectivity index is 1.41. The molecule has 200 valence electrons. The third-order valence-electron chi connectivity index (χ3n) is 8.24. The Bertz CT molecular complexity index is 1420. The van der Waals surface area contributed by atoms with Gasteiger partial charge in [0.05, 0.1) is 23.0 Å². The van der Waals surface area contributed by atoms with Crippen molar-refractivity contribution in [2.45, 2.75) is 57.6 Å². The van der Waals surface area contributed by atoms with Gasteiger partial charge in [-0.2, -0.15) is 0 Å². The minimum atomic E-state index is -0.572. The molecule has 0 spiro atoms. The zero-order chi connectivity index (χ0) is 26.8. The van der Waals surface area contributed by atoms with Gasteiger partial charge < -0.3 is 24.4 Å². The summed E-state index contributed by atoms with van der Waals surface area (Å²) in [5.74, 6) is 0.833. The maximum absolute atomic E-state index is 13.3. The first kappa shape index (κ1) is 24.9. The van der Waals surface area contributed by atoms with Crippen molar-refractivity contribution in [3.05, 3.63) is 36.2 Å². The number of imidazole rings is 1. The van der Waals surface area contributed by atoms with Gasteiger partial charge >= 0.3 is 0 Å². The average Bonchev–Trinajstić information content (AvgIpc) is 3.42. The molecule has 0 radical (unpaired) electrons. The number of ether oxygens (including phenoxy) is 1. The van der Waals surface area contributed by atoms with Crippen molar-refractivity contribution in [3.8, 4) is 17.1 Å². The van der Waals surface area contributed by atoms with E-state index in [1.54, 1.807) is 0 Å². The summed E-state index contributed by atoms with van der Waals surface area (Å²) in [6.07, 6.45) is 4.42. The molecule has 2 aromatic heterocycles. The molecule has 9 heteroatoms. The van der Waals surface area contributed by atoms with Crippen molar-refractivity contribution in [2.24, 2.45) is 5.92 Å². The Hall–Kier alpha value is -3.46. The summed E-state index contributed by atoms with van der Waals surface area (Å²) in [7, 11) is 4.03. The summed E-state index contributed by atoms with van der Waals surface area (Å²) in [5, 5.41) is 2.91. The number of likely N-dealkylation sites (N-methyl/N-ethyl adjacent to an activating group) is 1. The zero-order valence-corrected chi connectivity index (χ0v) is 22.8. The van der Waals surface area contributed by atoms with Crippen LogP contribution >= 0.6 is 0 Å². The molecule has 1 saturated heterocycles. The lowest BCUT2D eigenvalue weighted by atomic mass is 9.85. The van der Waals surface area contributed by atoms with Crippen LogP contribution in [-0.2, 0) is 15.0 Å². The Morgan fingerprint density at radius 1 is 1.21 bits per heavy atom. The molecule has 3 aromatic rings. The van der Waals surface area contributed by atoms with E-state index >= 15 is 0 Å². The molecule has 0 unspecified atom stereocenters. The van der Waals surface area contributed by atoms with Gasteiger partial charge in [0.25, 0.3) is 0 Å². The van der Waals surface area contributed by atoms with Crippen LogP contribution in [0, 0.1) is 5.92 Å². The maximum atomic E-state index is 13.3. The summed E-state index contributed by atoms with van der Waals surface area (Å²) in [4.78, 5) is 38.9. The molecule has 38 heavy (non-hydrogen) atoms. The second-order valence-electron chi connectivity index (χ2n) is 11.8. The zero-order valence-electron chi connectivity index (χ0n) is 22.8. The minimum absolute atomic E-state index is 0.0646. The molecule has 1 aromatic carbocycles. The summed E-state index contributed by atoms with van der Waals surface area (Å²) < 4.78 is 8.67. The molecule has 9 nitrogen and oxygen atoms in total. The largest absolute Gasteiger partial charge is 0.473 e. The van der Waals surface area contributed by atoms with E-state index in [4.69, 9.17) is 14.7 Å². The first-order valence-electron chi connectivity index (χ1n) is 13.6. The van der Waals surface area contributed by atoms with Crippen molar-refractivity contribution in [3.63, 3.8) is 0 Å².